The summed E-state index contributed by atoms with van der Waals surface area (Å²) < 4.78 is 5.30. The van der Waals surface area contributed by atoms with Crippen LogP contribution < -0.4 is 0 Å². The third kappa shape index (κ3) is 1.67. The Bertz CT molecular complexity index is 253. The van der Waals surface area contributed by atoms with Crippen molar-refractivity contribution in [1.82, 2.24) is 4.98 Å². The predicted molar refractivity (Wildman–Crippen MR) is 49.6 cm³/mol. The van der Waals surface area contributed by atoms with Gasteiger partial charge in [0.25, 0.3) is 0 Å². The summed E-state index contributed by atoms with van der Waals surface area (Å²) in [7, 11) is 0. The maximum absolute atomic E-state index is 5.30. The van der Waals surface area contributed by atoms with E-state index in [-0.39, 0.29) is 0 Å². The van der Waals surface area contributed by atoms with Gasteiger partial charge in [-0.05, 0) is 19.8 Å². The van der Waals surface area contributed by atoms with E-state index in [0.29, 0.717) is 5.92 Å². The van der Waals surface area contributed by atoms with E-state index in [1.165, 1.54) is 5.01 Å². The lowest BCUT2D eigenvalue weighted by molar-refractivity contribution is 0.0852. The number of hydrogen-bond acceptors (Lipinski definition) is 3. The monoisotopic (exact) mass is 183 g/mol. The summed E-state index contributed by atoms with van der Waals surface area (Å²) in [6.07, 6.45) is 2.29. The summed E-state index contributed by atoms with van der Waals surface area (Å²) in [5.41, 5.74) is 1.15. The third-order valence-corrected chi connectivity index (χ3v) is 3.33. The smallest absolute Gasteiger partial charge is 0.0960 e. The topological polar surface area (TPSA) is 22.1 Å². The highest BCUT2D eigenvalue weighted by Gasteiger charge is 2.18. The van der Waals surface area contributed by atoms with Crippen LogP contribution in [0.1, 0.15) is 29.5 Å². The average Bonchev–Trinajstić information content (AvgIpc) is 2.54. The molecule has 0 aromatic carbocycles. The summed E-state index contributed by atoms with van der Waals surface area (Å²) in [6.45, 7) is 3.87. The van der Waals surface area contributed by atoms with Gasteiger partial charge in [0.2, 0.25) is 0 Å². The maximum Gasteiger partial charge on any atom is 0.0960 e. The molecule has 0 atom stereocenters. The van der Waals surface area contributed by atoms with Crippen LogP contribution in [0.3, 0.4) is 0 Å². The molecule has 12 heavy (non-hydrogen) atoms. The van der Waals surface area contributed by atoms with Gasteiger partial charge in [0.05, 0.1) is 5.01 Å². The van der Waals surface area contributed by atoms with E-state index in [0.717, 1.165) is 31.7 Å². The molecule has 0 spiro atoms. The SMILES string of the molecule is Cc1csc(C2CCOCC2)n1. The Morgan fingerprint density at radius 2 is 2.25 bits per heavy atom. The highest BCUT2D eigenvalue weighted by molar-refractivity contribution is 7.09. The summed E-state index contributed by atoms with van der Waals surface area (Å²) >= 11 is 1.79. The first-order chi connectivity index (χ1) is 5.86. The Hall–Kier alpha value is -0.410. The van der Waals surface area contributed by atoms with Crippen LogP contribution in [0.2, 0.25) is 0 Å². The predicted octanol–water partition coefficient (Wildman–Crippen LogP) is 2.35. The van der Waals surface area contributed by atoms with E-state index in [4.69, 9.17) is 4.74 Å². The summed E-state index contributed by atoms with van der Waals surface area (Å²) in [4.78, 5) is 4.50. The maximum atomic E-state index is 5.30. The number of nitrogens with zero attached hydrogens (tertiary/aromatic N) is 1. The van der Waals surface area contributed by atoms with Gasteiger partial charge in [-0.3, -0.25) is 0 Å². The quantitative estimate of drug-likeness (QED) is 0.666. The number of rotatable bonds is 1. The van der Waals surface area contributed by atoms with Crippen molar-refractivity contribution in [3.05, 3.63) is 16.1 Å². The minimum atomic E-state index is 0.664. The Labute approximate surface area is 76.6 Å². The number of aromatic nitrogens is 1. The normalized spacial score (nSPS) is 19.8. The molecule has 0 bridgehead atoms. The van der Waals surface area contributed by atoms with Crippen LogP contribution in [0.4, 0.5) is 0 Å². The van der Waals surface area contributed by atoms with Gasteiger partial charge in [-0.2, -0.15) is 0 Å². The molecule has 0 unspecified atom stereocenters. The van der Waals surface area contributed by atoms with E-state index in [9.17, 15) is 0 Å². The lowest BCUT2D eigenvalue weighted by Gasteiger charge is -2.19. The van der Waals surface area contributed by atoms with Crippen molar-refractivity contribution in [2.24, 2.45) is 0 Å². The van der Waals surface area contributed by atoms with Gasteiger partial charge < -0.3 is 4.74 Å². The zero-order valence-corrected chi connectivity index (χ0v) is 8.06. The van der Waals surface area contributed by atoms with Crippen LogP contribution >= 0.6 is 11.3 Å². The molecule has 66 valence electrons. The molecule has 1 fully saturated rings. The standard InChI is InChI=1S/C9H13NOS/c1-7-6-12-9(10-7)8-2-4-11-5-3-8/h6,8H,2-5H2,1H3. The molecule has 1 aliphatic heterocycles. The number of hydrogen-bond donors (Lipinski definition) is 0. The van der Waals surface area contributed by atoms with Crippen molar-refractivity contribution >= 4 is 11.3 Å². The molecular formula is C9H13NOS. The third-order valence-electron chi connectivity index (χ3n) is 2.21. The van der Waals surface area contributed by atoms with Crippen molar-refractivity contribution in [3.8, 4) is 0 Å². The fourth-order valence-electron chi connectivity index (χ4n) is 1.50. The fraction of sp³-hybridized carbons (Fsp3) is 0.667. The number of thiazole rings is 1. The molecule has 1 aromatic rings. The second-order valence-electron chi connectivity index (χ2n) is 3.21. The first kappa shape index (κ1) is 8.20. The van der Waals surface area contributed by atoms with Gasteiger partial charge in [-0.15, -0.1) is 11.3 Å². The largest absolute Gasteiger partial charge is 0.381 e. The van der Waals surface area contributed by atoms with E-state index in [2.05, 4.69) is 17.3 Å². The zero-order chi connectivity index (χ0) is 8.39. The second-order valence-corrected chi connectivity index (χ2v) is 4.10. The molecule has 0 N–H and O–H groups in total. The van der Waals surface area contributed by atoms with Crippen molar-refractivity contribution in [2.45, 2.75) is 25.7 Å². The summed E-state index contributed by atoms with van der Waals surface area (Å²) in [5, 5.41) is 3.43. The molecule has 3 heteroatoms. The van der Waals surface area contributed by atoms with Crippen LogP contribution in [0.15, 0.2) is 5.38 Å². The summed E-state index contributed by atoms with van der Waals surface area (Å²) in [6, 6.07) is 0. The van der Waals surface area contributed by atoms with Gasteiger partial charge in [-0.1, -0.05) is 0 Å². The van der Waals surface area contributed by atoms with Crippen molar-refractivity contribution in [3.63, 3.8) is 0 Å². The molecule has 1 saturated heterocycles. The van der Waals surface area contributed by atoms with Crippen LogP contribution in [0.5, 0.6) is 0 Å². The highest BCUT2D eigenvalue weighted by Crippen LogP contribution is 2.28. The molecule has 2 rings (SSSR count). The molecule has 0 radical (unpaired) electrons. The minimum Gasteiger partial charge on any atom is -0.381 e. The van der Waals surface area contributed by atoms with Crippen molar-refractivity contribution < 1.29 is 4.74 Å². The van der Waals surface area contributed by atoms with Gasteiger partial charge in [-0.25, -0.2) is 4.98 Å². The summed E-state index contributed by atoms with van der Waals surface area (Å²) in [5.74, 6) is 0.664. The number of ether oxygens (including phenoxy) is 1. The lowest BCUT2D eigenvalue weighted by Crippen LogP contribution is -2.13. The first-order valence-corrected chi connectivity index (χ1v) is 5.24. The first-order valence-electron chi connectivity index (χ1n) is 4.36. The minimum absolute atomic E-state index is 0.664. The molecule has 1 aliphatic rings. The molecule has 2 heterocycles. The van der Waals surface area contributed by atoms with Gasteiger partial charge in [0.1, 0.15) is 0 Å². The molecule has 1 aromatic heterocycles. The Morgan fingerprint density at radius 3 is 2.83 bits per heavy atom. The van der Waals surface area contributed by atoms with Gasteiger partial charge in [0, 0.05) is 30.2 Å². The van der Waals surface area contributed by atoms with Gasteiger partial charge in [0.15, 0.2) is 0 Å². The fourth-order valence-corrected chi connectivity index (χ4v) is 2.47. The second kappa shape index (κ2) is 3.54. The average molecular weight is 183 g/mol. The molecule has 0 saturated carbocycles. The van der Waals surface area contributed by atoms with E-state index in [1.54, 1.807) is 11.3 Å². The molecular weight excluding hydrogens is 170 g/mol. The molecule has 2 nitrogen and oxygen atoms in total. The van der Waals surface area contributed by atoms with Crippen molar-refractivity contribution in [1.29, 1.82) is 0 Å². The van der Waals surface area contributed by atoms with E-state index >= 15 is 0 Å². The molecule has 0 amide bonds. The molecule has 0 aliphatic carbocycles. The van der Waals surface area contributed by atoms with E-state index < -0.39 is 0 Å². The van der Waals surface area contributed by atoms with Gasteiger partial charge >= 0.3 is 0 Å². The van der Waals surface area contributed by atoms with Crippen LogP contribution in [-0.4, -0.2) is 18.2 Å². The Kier molecular flexibility index (Phi) is 2.42. The Morgan fingerprint density at radius 1 is 1.50 bits per heavy atom. The zero-order valence-electron chi connectivity index (χ0n) is 7.25. The van der Waals surface area contributed by atoms with Crippen LogP contribution in [-0.2, 0) is 4.74 Å². The highest BCUT2D eigenvalue weighted by atomic mass is 32.1. The Balaban J connectivity index is 2.08. The lowest BCUT2D eigenvalue weighted by atomic mass is 10.0. The van der Waals surface area contributed by atoms with Crippen LogP contribution in [0, 0.1) is 6.92 Å². The number of aryl methyl sites for hydroxylation is 1. The van der Waals surface area contributed by atoms with Crippen molar-refractivity contribution in [2.75, 3.05) is 13.2 Å². The van der Waals surface area contributed by atoms with Crippen LogP contribution in [0.25, 0.3) is 0 Å². The van der Waals surface area contributed by atoms with E-state index in [1.807, 2.05) is 0 Å².